The molecule has 0 N–H and O–H groups in total. The summed E-state index contributed by atoms with van der Waals surface area (Å²) in [7, 11) is 4.67. The molecule has 7 nitrogen and oxygen atoms in total. The molecule has 2 aromatic rings. The summed E-state index contributed by atoms with van der Waals surface area (Å²) in [5, 5.41) is 0. The van der Waals surface area contributed by atoms with Gasteiger partial charge in [-0.05, 0) is 35.4 Å². The number of nitrogens with zero attached hydrogens (tertiary/aromatic N) is 1. The minimum Gasteiger partial charge on any atom is -0.493 e. The van der Waals surface area contributed by atoms with Gasteiger partial charge in [0.15, 0.2) is 23.0 Å². The number of ether oxygens (including phenoxy) is 5. The van der Waals surface area contributed by atoms with E-state index in [4.69, 9.17) is 46.9 Å². The molecule has 0 spiro atoms. The summed E-state index contributed by atoms with van der Waals surface area (Å²) in [6.45, 7) is 1.03. The Balaban J connectivity index is 2.05. The smallest absolute Gasteiger partial charge is 0.231 e. The first-order valence-corrected chi connectivity index (χ1v) is 11.2. The molecular weight excluding hydrogens is 457 g/mol. The fraction of sp³-hybridized carbons (Fsp3) is 0.435. The number of halogens is 2. The van der Waals surface area contributed by atoms with Crippen molar-refractivity contribution in [1.29, 1.82) is 0 Å². The van der Waals surface area contributed by atoms with Gasteiger partial charge < -0.3 is 28.6 Å². The summed E-state index contributed by atoms with van der Waals surface area (Å²) in [6, 6.07) is 9.40. The average molecular weight is 484 g/mol. The molecule has 0 fully saturated rings. The first-order valence-electron chi connectivity index (χ1n) is 10.1. The van der Waals surface area contributed by atoms with Gasteiger partial charge in [-0.2, -0.15) is 0 Å². The summed E-state index contributed by atoms with van der Waals surface area (Å²) in [5.74, 6) is 3.14. The average Bonchev–Trinajstić information content (AvgIpc) is 3.29. The third-order valence-corrected chi connectivity index (χ3v) is 5.67. The van der Waals surface area contributed by atoms with Crippen molar-refractivity contribution in [3.63, 3.8) is 0 Å². The molecule has 0 bridgehead atoms. The zero-order valence-electron chi connectivity index (χ0n) is 18.4. The minimum atomic E-state index is -0.307. The number of alkyl halides is 2. The molecule has 1 amide bonds. The van der Waals surface area contributed by atoms with Gasteiger partial charge in [0.2, 0.25) is 18.4 Å². The minimum absolute atomic E-state index is 0.0530. The van der Waals surface area contributed by atoms with Gasteiger partial charge in [0.1, 0.15) is 0 Å². The maximum absolute atomic E-state index is 13.2. The zero-order chi connectivity index (χ0) is 23.1. The van der Waals surface area contributed by atoms with E-state index in [1.54, 1.807) is 26.2 Å². The molecule has 1 aliphatic rings. The number of hydrogen-bond acceptors (Lipinski definition) is 6. The number of carbonyl (C=O) groups excluding carboxylic acids is 1. The van der Waals surface area contributed by atoms with E-state index in [2.05, 4.69) is 0 Å². The Hall–Kier alpha value is -2.51. The monoisotopic (exact) mass is 483 g/mol. The van der Waals surface area contributed by atoms with Crippen LogP contribution in [0.3, 0.4) is 0 Å². The van der Waals surface area contributed by atoms with Gasteiger partial charge in [0.05, 0.1) is 21.3 Å². The summed E-state index contributed by atoms with van der Waals surface area (Å²) in [6.07, 6.45) is 0.200. The molecule has 0 unspecified atom stereocenters. The Labute approximate surface area is 198 Å². The van der Waals surface area contributed by atoms with Gasteiger partial charge in [-0.25, -0.2) is 0 Å². The van der Waals surface area contributed by atoms with Crippen LogP contribution in [0.15, 0.2) is 30.3 Å². The third-order valence-electron chi connectivity index (χ3n) is 5.33. The van der Waals surface area contributed by atoms with Crippen LogP contribution in [0, 0.1) is 0 Å². The summed E-state index contributed by atoms with van der Waals surface area (Å²) in [5.41, 5.74) is 1.73. The van der Waals surface area contributed by atoms with Crippen molar-refractivity contribution in [2.75, 3.05) is 53.0 Å². The number of fused-ring (bicyclic) bond motifs is 1. The Morgan fingerprint density at radius 2 is 1.56 bits per heavy atom. The van der Waals surface area contributed by atoms with Crippen molar-refractivity contribution in [1.82, 2.24) is 4.90 Å². The van der Waals surface area contributed by atoms with E-state index < -0.39 is 0 Å². The highest BCUT2D eigenvalue weighted by Crippen LogP contribution is 2.44. The Bertz CT molecular complexity index is 908. The number of methoxy groups -OCH3 is 3. The SMILES string of the molecule is COc1cc([C@@H](CC(=O)N(CCCl)CCCl)c2ccc3c(c2)OCO3)cc(OC)c1OC. The van der Waals surface area contributed by atoms with Crippen LogP contribution in [-0.4, -0.2) is 63.8 Å². The van der Waals surface area contributed by atoms with Crippen molar-refractivity contribution in [3.05, 3.63) is 41.5 Å². The lowest BCUT2D eigenvalue weighted by Gasteiger charge is -2.25. The fourth-order valence-corrected chi connectivity index (χ4v) is 4.14. The lowest BCUT2D eigenvalue weighted by atomic mass is 9.87. The molecule has 0 aromatic heterocycles. The van der Waals surface area contributed by atoms with Crippen LogP contribution in [-0.2, 0) is 4.79 Å². The standard InChI is InChI=1S/C23H27Cl2NO6/c1-28-20-11-16(12-21(29-2)23(20)30-3)17(13-22(27)26(8-6-24)9-7-25)15-4-5-18-19(10-15)32-14-31-18/h4-5,10-12,17H,6-9,13-14H2,1-3H3/t17-/m0/s1. The summed E-state index contributed by atoms with van der Waals surface area (Å²) < 4.78 is 27.5. The second-order valence-electron chi connectivity index (χ2n) is 7.09. The van der Waals surface area contributed by atoms with E-state index >= 15 is 0 Å². The Kier molecular flexibility index (Phi) is 8.59. The molecule has 2 aromatic carbocycles. The van der Waals surface area contributed by atoms with Crippen LogP contribution in [0.1, 0.15) is 23.5 Å². The Morgan fingerprint density at radius 3 is 2.12 bits per heavy atom. The predicted molar refractivity (Wildman–Crippen MR) is 123 cm³/mol. The molecule has 1 atom stereocenters. The molecule has 9 heteroatoms. The summed E-state index contributed by atoms with van der Waals surface area (Å²) in [4.78, 5) is 14.9. The van der Waals surface area contributed by atoms with Crippen molar-refractivity contribution >= 4 is 29.1 Å². The molecule has 0 saturated heterocycles. The lowest BCUT2D eigenvalue weighted by molar-refractivity contribution is -0.130. The molecule has 1 aliphatic heterocycles. The molecule has 32 heavy (non-hydrogen) atoms. The molecular formula is C23H27Cl2NO6. The molecule has 0 saturated carbocycles. The van der Waals surface area contributed by atoms with Crippen molar-refractivity contribution in [2.24, 2.45) is 0 Å². The lowest BCUT2D eigenvalue weighted by Crippen LogP contribution is -2.35. The quantitative estimate of drug-likeness (QED) is 0.444. The molecule has 0 radical (unpaired) electrons. The van der Waals surface area contributed by atoms with Crippen molar-refractivity contribution in [3.8, 4) is 28.7 Å². The maximum Gasteiger partial charge on any atom is 0.231 e. The molecule has 1 heterocycles. The van der Waals surface area contributed by atoms with Gasteiger partial charge in [0, 0.05) is 37.2 Å². The Morgan fingerprint density at radius 1 is 0.938 bits per heavy atom. The van der Waals surface area contributed by atoms with Gasteiger partial charge in [0.25, 0.3) is 0 Å². The van der Waals surface area contributed by atoms with Crippen molar-refractivity contribution < 1.29 is 28.5 Å². The van der Waals surface area contributed by atoms with Crippen LogP contribution >= 0.6 is 23.2 Å². The van der Waals surface area contributed by atoms with Gasteiger partial charge in [-0.3, -0.25) is 4.79 Å². The highest BCUT2D eigenvalue weighted by Gasteiger charge is 2.26. The maximum atomic E-state index is 13.2. The summed E-state index contributed by atoms with van der Waals surface area (Å²) >= 11 is 11.8. The second kappa shape index (κ2) is 11.4. The number of carbonyl (C=O) groups is 1. The van der Waals surface area contributed by atoms with E-state index in [0.29, 0.717) is 53.6 Å². The topological polar surface area (TPSA) is 66.5 Å². The van der Waals surface area contributed by atoms with E-state index in [9.17, 15) is 4.79 Å². The predicted octanol–water partition coefficient (Wildman–Crippen LogP) is 4.27. The van der Waals surface area contributed by atoms with E-state index in [0.717, 1.165) is 11.1 Å². The first-order chi connectivity index (χ1) is 15.6. The van der Waals surface area contributed by atoms with Crippen LogP contribution in [0.25, 0.3) is 0 Å². The van der Waals surface area contributed by atoms with E-state index in [1.807, 2.05) is 30.3 Å². The normalized spacial score (nSPS) is 12.9. The number of benzene rings is 2. The van der Waals surface area contributed by atoms with Crippen LogP contribution in [0.2, 0.25) is 0 Å². The van der Waals surface area contributed by atoms with Gasteiger partial charge in [-0.1, -0.05) is 6.07 Å². The zero-order valence-corrected chi connectivity index (χ0v) is 19.9. The highest BCUT2D eigenvalue weighted by atomic mass is 35.5. The van der Waals surface area contributed by atoms with Crippen LogP contribution in [0.4, 0.5) is 0 Å². The van der Waals surface area contributed by atoms with Gasteiger partial charge in [-0.15, -0.1) is 23.2 Å². The van der Waals surface area contributed by atoms with E-state index in [1.165, 1.54) is 0 Å². The molecule has 174 valence electrons. The number of amides is 1. The van der Waals surface area contributed by atoms with Crippen LogP contribution < -0.4 is 23.7 Å². The first kappa shape index (κ1) is 24.1. The highest BCUT2D eigenvalue weighted by molar-refractivity contribution is 6.18. The molecule has 0 aliphatic carbocycles. The largest absolute Gasteiger partial charge is 0.493 e. The third kappa shape index (κ3) is 5.27. The number of rotatable bonds is 11. The second-order valence-corrected chi connectivity index (χ2v) is 7.84. The van der Waals surface area contributed by atoms with Crippen LogP contribution in [0.5, 0.6) is 28.7 Å². The van der Waals surface area contributed by atoms with E-state index in [-0.39, 0.29) is 25.0 Å². The number of hydrogen-bond donors (Lipinski definition) is 0. The fourth-order valence-electron chi connectivity index (χ4n) is 3.73. The molecule has 3 rings (SSSR count). The van der Waals surface area contributed by atoms with Gasteiger partial charge >= 0.3 is 0 Å². The van der Waals surface area contributed by atoms with Crippen molar-refractivity contribution in [2.45, 2.75) is 12.3 Å².